The van der Waals surface area contributed by atoms with Crippen LogP contribution in [0.3, 0.4) is 0 Å². The third-order valence-electron chi connectivity index (χ3n) is 7.82. The van der Waals surface area contributed by atoms with Gasteiger partial charge in [-0.2, -0.15) is 0 Å². The van der Waals surface area contributed by atoms with Crippen LogP contribution in [0.1, 0.15) is 28.7 Å². The SMILES string of the molecule is CO[C@@]1(CCO)O[C@H](COCc2ccccc2)[C@@H](OCc2ccccc2)[C@H](OCc2ccccc2)[C@H]1OCc1ccccc1. The molecule has 0 bridgehead atoms. The van der Waals surface area contributed by atoms with E-state index in [1.807, 2.05) is 121 Å². The maximum Gasteiger partial charge on any atom is 0.199 e. The normalized spacial score (nSPS) is 23.4. The van der Waals surface area contributed by atoms with Crippen LogP contribution in [0.5, 0.6) is 0 Å². The number of benzene rings is 4. The van der Waals surface area contributed by atoms with E-state index in [1.165, 1.54) is 0 Å². The van der Waals surface area contributed by atoms with Gasteiger partial charge in [-0.15, -0.1) is 0 Å². The Kier molecular flexibility index (Phi) is 12.1. The second-order valence-electron chi connectivity index (χ2n) is 10.9. The lowest BCUT2D eigenvalue weighted by Crippen LogP contribution is -2.68. The van der Waals surface area contributed by atoms with Crippen molar-refractivity contribution in [3.8, 4) is 0 Å². The van der Waals surface area contributed by atoms with Crippen LogP contribution in [-0.2, 0) is 54.8 Å². The molecule has 0 radical (unpaired) electrons. The number of hydrogen-bond donors (Lipinski definition) is 1. The second-order valence-corrected chi connectivity index (χ2v) is 10.9. The van der Waals surface area contributed by atoms with E-state index in [4.69, 9.17) is 28.4 Å². The molecule has 0 unspecified atom stereocenters. The molecule has 5 rings (SSSR count). The van der Waals surface area contributed by atoms with E-state index in [9.17, 15) is 5.11 Å². The molecule has 0 saturated carbocycles. The van der Waals surface area contributed by atoms with Crippen molar-refractivity contribution in [2.45, 2.75) is 63.1 Å². The molecule has 232 valence electrons. The Morgan fingerprint density at radius 1 is 0.591 bits per heavy atom. The first-order valence-corrected chi connectivity index (χ1v) is 15.1. The molecule has 1 fully saturated rings. The van der Waals surface area contributed by atoms with E-state index in [-0.39, 0.29) is 19.6 Å². The molecule has 44 heavy (non-hydrogen) atoms. The monoisotopic (exact) mass is 598 g/mol. The Labute approximate surface area is 260 Å². The molecule has 1 aliphatic rings. The van der Waals surface area contributed by atoms with Gasteiger partial charge in [-0.3, -0.25) is 0 Å². The van der Waals surface area contributed by atoms with Gasteiger partial charge in [0.05, 0.1) is 33.0 Å². The second kappa shape index (κ2) is 16.6. The lowest BCUT2D eigenvalue weighted by atomic mass is 9.89. The van der Waals surface area contributed by atoms with Crippen molar-refractivity contribution >= 4 is 0 Å². The summed E-state index contributed by atoms with van der Waals surface area (Å²) in [6.07, 6.45) is -2.32. The van der Waals surface area contributed by atoms with Crippen LogP contribution in [0.2, 0.25) is 0 Å². The minimum Gasteiger partial charge on any atom is -0.396 e. The number of hydrogen-bond acceptors (Lipinski definition) is 7. The van der Waals surface area contributed by atoms with Crippen molar-refractivity contribution in [1.29, 1.82) is 0 Å². The molecule has 1 heterocycles. The van der Waals surface area contributed by atoms with Crippen LogP contribution < -0.4 is 0 Å². The summed E-state index contributed by atoms with van der Waals surface area (Å²) in [5, 5.41) is 10.2. The van der Waals surface area contributed by atoms with Gasteiger partial charge in [-0.1, -0.05) is 121 Å². The molecule has 7 heteroatoms. The maximum atomic E-state index is 10.2. The number of rotatable bonds is 16. The van der Waals surface area contributed by atoms with Crippen molar-refractivity contribution in [3.63, 3.8) is 0 Å². The Bertz CT molecular complexity index is 1340. The first kappa shape index (κ1) is 32.0. The molecule has 1 saturated heterocycles. The average molecular weight is 599 g/mol. The maximum absolute atomic E-state index is 10.2. The van der Waals surface area contributed by atoms with E-state index in [0.717, 1.165) is 22.3 Å². The van der Waals surface area contributed by atoms with Gasteiger partial charge in [-0.25, -0.2) is 0 Å². The zero-order valence-electron chi connectivity index (χ0n) is 25.2. The average Bonchev–Trinajstić information content (AvgIpc) is 3.08. The van der Waals surface area contributed by atoms with Crippen molar-refractivity contribution < 1.29 is 33.5 Å². The number of ether oxygens (including phenoxy) is 6. The standard InChI is InChI=1S/C37H42O7/c1-39-37(22-23-38)36(43-27-32-20-12-5-13-21-32)35(42-26-31-18-10-4-11-19-31)34(41-25-30-16-8-3-9-17-30)33(44-37)28-40-24-29-14-6-2-7-15-29/h2-21,33-36,38H,22-28H2,1H3/t33-,34-,35+,36-,37+/m1/s1. The van der Waals surface area contributed by atoms with Crippen LogP contribution >= 0.6 is 0 Å². The van der Waals surface area contributed by atoms with Crippen LogP contribution in [0.4, 0.5) is 0 Å². The summed E-state index contributed by atoms with van der Waals surface area (Å²) in [6.45, 7) is 1.45. The van der Waals surface area contributed by atoms with Gasteiger partial charge in [0.15, 0.2) is 5.79 Å². The summed E-state index contributed by atoms with van der Waals surface area (Å²) in [6, 6.07) is 39.9. The molecular weight excluding hydrogens is 556 g/mol. The smallest absolute Gasteiger partial charge is 0.199 e. The van der Waals surface area contributed by atoms with Crippen LogP contribution in [0, 0.1) is 0 Å². The summed E-state index contributed by atoms with van der Waals surface area (Å²) in [5.74, 6) is -1.31. The molecule has 1 aliphatic heterocycles. The molecule has 5 atom stereocenters. The highest BCUT2D eigenvalue weighted by atomic mass is 16.7. The number of aliphatic hydroxyl groups excluding tert-OH is 1. The largest absolute Gasteiger partial charge is 0.396 e. The molecule has 0 spiro atoms. The molecule has 0 aromatic heterocycles. The topological polar surface area (TPSA) is 75.6 Å². The first-order chi connectivity index (χ1) is 21.7. The highest BCUT2D eigenvalue weighted by molar-refractivity contribution is 5.17. The van der Waals surface area contributed by atoms with Crippen molar-refractivity contribution in [3.05, 3.63) is 144 Å². The summed E-state index contributed by atoms with van der Waals surface area (Å²) in [5.41, 5.74) is 4.10. The highest BCUT2D eigenvalue weighted by Crippen LogP contribution is 2.39. The van der Waals surface area contributed by atoms with Crippen LogP contribution in [0.15, 0.2) is 121 Å². The van der Waals surface area contributed by atoms with E-state index >= 15 is 0 Å². The minimum atomic E-state index is -1.31. The van der Waals surface area contributed by atoms with Gasteiger partial charge in [-0.05, 0) is 22.3 Å². The lowest BCUT2D eigenvalue weighted by molar-refractivity contribution is -0.380. The zero-order chi connectivity index (χ0) is 30.5. The zero-order valence-corrected chi connectivity index (χ0v) is 25.2. The van der Waals surface area contributed by atoms with Crippen molar-refractivity contribution in [2.75, 3.05) is 20.3 Å². The van der Waals surface area contributed by atoms with Crippen LogP contribution in [0.25, 0.3) is 0 Å². The van der Waals surface area contributed by atoms with Crippen molar-refractivity contribution in [2.24, 2.45) is 0 Å². The van der Waals surface area contributed by atoms with Gasteiger partial charge in [0, 0.05) is 20.1 Å². The fraction of sp³-hybridized carbons (Fsp3) is 0.351. The summed E-state index contributed by atoms with van der Waals surface area (Å²) in [4.78, 5) is 0. The van der Waals surface area contributed by atoms with Gasteiger partial charge in [0.25, 0.3) is 0 Å². The Hall–Kier alpha value is -3.40. The number of methoxy groups -OCH3 is 1. The summed E-state index contributed by atoms with van der Waals surface area (Å²) in [7, 11) is 1.58. The van der Waals surface area contributed by atoms with E-state index < -0.39 is 30.2 Å². The van der Waals surface area contributed by atoms with Gasteiger partial charge >= 0.3 is 0 Å². The third-order valence-corrected chi connectivity index (χ3v) is 7.82. The minimum absolute atomic E-state index is 0.169. The molecule has 4 aromatic carbocycles. The Morgan fingerprint density at radius 2 is 1.02 bits per heavy atom. The number of aliphatic hydroxyl groups is 1. The van der Waals surface area contributed by atoms with Crippen LogP contribution in [-0.4, -0.2) is 55.6 Å². The molecule has 0 amide bonds. The predicted octanol–water partition coefficient (Wildman–Crippen LogP) is 6.08. The fourth-order valence-corrected chi connectivity index (χ4v) is 5.54. The molecule has 4 aromatic rings. The molecule has 7 nitrogen and oxygen atoms in total. The van der Waals surface area contributed by atoms with Gasteiger partial charge < -0.3 is 33.5 Å². The fourth-order valence-electron chi connectivity index (χ4n) is 5.54. The van der Waals surface area contributed by atoms with E-state index in [0.29, 0.717) is 26.4 Å². The first-order valence-electron chi connectivity index (χ1n) is 15.1. The molecular formula is C37H42O7. The lowest BCUT2D eigenvalue weighted by Gasteiger charge is -2.52. The Balaban J connectivity index is 1.47. The summed E-state index contributed by atoms with van der Waals surface area (Å²) >= 11 is 0. The Morgan fingerprint density at radius 3 is 1.48 bits per heavy atom. The van der Waals surface area contributed by atoms with Crippen molar-refractivity contribution in [1.82, 2.24) is 0 Å². The molecule has 1 N–H and O–H groups in total. The summed E-state index contributed by atoms with van der Waals surface area (Å²) < 4.78 is 39.1. The molecule has 0 aliphatic carbocycles. The van der Waals surface area contributed by atoms with E-state index in [2.05, 4.69) is 0 Å². The predicted molar refractivity (Wildman–Crippen MR) is 167 cm³/mol. The third kappa shape index (κ3) is 8.61. The highest BCUT2D eigenvalue weighted by Gasteiger charge is 2.57. The van der Waals surface area contributed by atoms with Gasteiger partial charge in [0.1, 0.15) is 24.4 Å². The van der Waals surface area contributed by atoms with Gasteiger partial charge in [0.2, 0.25) is 0 Å². The quantitative estimate of drug-likeness (QED) is 0.168. The van der Waals surface area contributed by atoms with E-state index in [1.54, 1.807) is 7.11 Å².